The van der Waals surface area contributed by atoms with Crippen molar-refractivity contribution in [3.05, 3.63) is 0 Å². The second-order valence-corrected chi connectivity index (χ2v) is 5.43. The van der Waals surface area contributed by atoms with E-state index in [2.05, 4.69) is 9.80 Å². The topological polar surface area (TPSA) is 24.9 Å². The van der Waals surface area contributed by atoms with Gasteiger partial charge in [0.1, 0.15) is 0 Å². The SMILES string of the molecule is ClCCOC1CCN(CCN2CCOCC2)CC1. The van der Waals surface area contributed by atoms with E-state index in [-0.39, 0.29) is 0 Å². The average Bonchev–Trinajstić information content (AvgIpc) is 2.45. The first-order valence-corrected chi connectivity index (χ1v) is 7.62. The van der Waals surface area contributed by atoms with Crippen LogP contribution in [0.5, 0.6) is 0 Å². The molecule has 4 nitrogen and oxygen atoms in total. The Labute approximate surface area is 115 Å². The summed E-state index contributed by atoms with van der Waals surface area (Å²) in [5.41, 5.74) is 0. The van der Waals surface area contributed by atoms with Crippen LogP contribution in [-0.4, -0.2) is 80.9 Å². The summed E-state index contributed by atoms with van der Waals surface area (Å²) in [6.45, 7) is 9.36. The van der Waals surface area contributed by atoms with Crippen molar-refractivity contribution in [1.82, 2.24) is 9.80 Å². The summed E-state index contributed by atoms with van der Waals surface area (Å²) in [7, 11) is 0. The van der Waals surface area contributed by atoms with Crippen LogP contribution in [-0.2, 0) is 9.47 Å². The molecule has 0 saturated carbocycles. The van der Waals surface area contributed by atoms with Gasteiger partial charge in [-0.25, -0.2) is 0 Å². The lowest BCUT2D eigenvalue weighted by Gasteiger charge is -2.34. The van der Waals surface area contributed by atoms with Gasteiger partial charge in [-0.2, -0.15) is 0 Å². The van der Waals surface area contributed by atoms with Gasteiger partial charge in [0.25, 0.3) is 0 Å². The van der Waals surface area contributed by atoms with Crippen LogP contribution in [0, 0.1) is 0 Å². The summed E-state index contributed by atoms with van der Waals surface area (Å²) in [5, 5.41) is 0. The maximum Gasteiger partial charge on any atom is 0.0605 e. The normalized spacial score (nSPS) is 24.5. The molecule has 0 bridgehead atoms. The molecular weight excluding hydrogens is 252 g/mol. The fourth-order valence-corrected chi connectivity index (χ4v) is 2.71. The number of ether oxygens (including phenoxy) is 2. The fraction of sp³-hybridized carbons (Fsp3) is 1.00. The van der Waals surface area contributed by atoms with Gasteiger partial charge >= 0.3 is 0 Å². The van der Waals surface area contributed by atoms with Crippen LogP contribution < -0.4 is 0 Å². The van der Waals surface area contributed by atoms with Crippen molar-refractivity contribution in [1.29, 1.82) is 0 Å². The highest BCUT2D eigenvalue weighted by molar-refractivity contribution is 6.17. The smallest absolute Gasteiger partial charge is 0.0605 e. The maximum absolute atomic E-state index is 5.69. The molecule has 0 radical (unpaired) electrons. The minimum Gasteiger partial charge on any atom is -0.379 e. The van der Waals surface area contributed by atoms with Crippen molar-refractivity contribution in [2.45, 2.75) is 18.9 Å². The molecule has 2 fully saturated rings. The van der Waals surface area contributed by atoms with E-state index in [1.54, 1.807) is 0 Å². The highest BCUT2D eigenvalue weighted by atomic mass is 35.5. The zero-order valence-electron chi connectivity index (χ0n) is 11.2. The van der Waals surface area contributed by atoms with Crippen molar-refractivity contribution in [2.24, 2.45) is 0 Å². The lowest BCUT2D eigenvalue weighted by Crippen LogP contribution is -2.44. The molecule has 18 heavy (non-hydrogen) atoms. The molecule has 2 aliphatic heterocycles. The third-order valence-corrected chi connectivity index (χ3v) is 3.96. The average molecular weight is 277 g/mol. The Bertz CT molecular complexity index is 217. The summed E-state index contributed by atoms with van der Waals surface area (Å²) >= 11 is 5.63. The quantitative estimate of drug-likeness (QED) is 0.677. The van der Waals surface area contributed by atoms with Gasteiger partial charge in [-0.05, 0) is 12.8 Å². The Morgan fingerprint density at radius 2 is 1.61 bits per heavy atom. The van der Waals surface area contributed by atoms with Crippen molar-refractivity contribution in [3.63, 3.8) is 0 Å². The molecule has 0 unspecified atom stereocenters. The number of halogens is 1. The third-order valence-electron chi connectivity index (χ3n) is 3.80. The summed E-state index contributed by atoms with van der Waals surface area (Å²) < 4.78 is 11.0. The zero-order chi connectivity index (χ0) is 12.6. The monoisotopic (exact) mass is 276 g/mol. The standard InChI is InChI=1S/C13H25ClN2O2/c14-3-10-18-13-1-4-15(5-2-13)6-7-16-8-11-17-12-9-16/h13H,1-12H2. The molecule has 2 heterocycles. The van der Waals surface area contributed by atoms with Crippen molar-refractivity contribution < 1.29 is 9.47 Å². The molecule has 5 heteroatoms. The van der Waals surface area contributed by atoms with Gasteiger partial charge in [0.15, 0.2) is 0 Å². The summed E-state index contributed by atoms with van der Waals surface area (Å²) in [6.07, 6.45) is 2.74. The van der Waals surface area contributed by atoms with Crippen molar-refractivity contribution in [2.75, 3.05) is 65.0 Å². The number of rotatable bonds is 6. The van der Waals surface area contributed by atoms with E-state index in [9.17, 15) is 0 Å². The van der Waals surface area contributed by atoms with Crippen LogP contribution in [0.4, 0.5) is 0 Å². The Morgan fingerprint density at radius 1 is 1.00 bits per heavy atom. The van der Waals surface area contributed by atoms with Crippen LogP contribution in [0.2, 0.25) is 0 Å². The second-order valence-electron chi connectivity index (χ2n) is 5.05. The van der Waals surface area contributed by atoms with Gasteiger partial charge in [-0.15, -0.1) is 11.6 Å². The third kappa shape index (κ3) is 5.02. The first-order valence-electron chi connectivity index (χ1n) is 7.08. The summed E-state index contributed by atoms with van der Waals surface area (Å²) in [6, 6.07) is 0. The molecule has 2 saturated heterocycles. The zero-order valence-corrected chi connectivity index (χ0v) is 11.9. The van der Waals surface area contributed by atoms with E-state index in [0.717, 1.165) is 52.2 Å². The molecule has 0 aromatic rings. The Kier molecular flexibility index (Phi) is 6.73. The lowest BCUT2D eigenvalue weighted by molar-refractivity contribution is 0.00617. The van der Waals surface area contributed by atoms with Gasteiger partial charge in [-0.3, -0.25) is 4.90 Å². The van der Waals surface area contributed by atoms with Crippen LogP contribution >= 0.6 is 11.6 Å². The maximum atomic E-state index is 5.69. The summed E-state index contributed by atoms with van der Waals surface area (Å²) in [5.74, 6) is 0.608. The minimum absolute atomic E-state index is 0.434. The number of hydrogen-bond acceptors (Lipinski definition) is 4. The van der Waals surface area contributed by atoms with E-state index < -0.39 is 0 Å². The van der Waals surface area contributed by atoms with Crippen molar-refractivity contribution in [3.8, 4) is 0 Å². The number of alkyl halides is 1. The molecule has 0 aliphatic carbocycles. The summed E-state index contributed by atoms with van der Waals surface area (Å²) in [4.78, 5) is 5.05. The van der Waals surface area contributed by atoms with Crippen LogP contribution in [0.15, 0.2) is 0 Å². The van der Waals surface area contributed by atoms with E-state index in [1.165, 1.54) is 13.1 Å². The predicted molar refractivity (Wildman–Crippen MR) is 73.4 cm³/mol. The van der Waals surface area contributed by atoms with E-state index >= 15 is 0 Å². The van der Waals surface area contributed by atoms with E-state index in [0.29, 0.717) is 18.6 Å². The fourth-order valence-electron chi connectivity index (χ4n) is 2.62. The van der Waals surface area contributed by atoms with Gasteiger partial charge < -0.3 is 14.4 Å². The Balaban J connectivity index is 1.55. The molecule has 0 aromatic carbocycles. The van der Waals surface area contributed by atoms with Gasteiger partial charge in [0.05, 0.1) is 25.9 Å². The number of nitrogens with zero attached hydrogens (tertiary/aromatic N) is 2. The Morgan fingerprint density at radius 3 is 2.22 bits per heavy atom. The molecular formula is C13H25ClN2O2. The van der Waals surface area contributed by atoms with Crippen LogP contribution in [0.25, 0.3) is 0 Å². The second kappa shape index (κ2) is 8.33. The van der Waals surface area contributed by atoms with Gasteiger partial charge in [0.2, 0.25) is 0 Å². The lowest BCUT2D eigenvalue weighted by atomic mass is 10.1. The number of piperidine rings is 1. The highest BCUT2D eigenvalue weighted by Gasteiger charge is 2.20. The first-order chi connectivity index (χ1) is 8.88. The molecule has 2 aliphatic rings. The van der Waals surface area contributed by atoms with Gasteiger partial charge in [0, 0.05) is 45.1 Å². The van der Waals surface area contributed by atoms with E-state index in [1.807, 2.05) is 0 Å². The molecule has 0 aromatic heterocycles. The molecule has 0 atom stereocenters. The molecule has 0 amide bonds. The van der Waals surface area contributed by atoms with Crippen LogP contribution in [0.1, 0.15) is 12.8 Å². The van der Waals surface area contributed by atoms with Crippen molar-refractivity contribution >= 4 is 11.6 Å². The molecule has 0 N–H and O–H groups in total. The molecule has 0 spiro atoms. The first kappa shape index (κ1) is 14.5. The molecule has 2 rings (SSSR count). The highest BCUT2D eigenvalue weighted by Crippen LogP contribution is 2.13. The molecule has 106 valence electrons. The van der Waals surface area contributed by atoms with Gasteiger partial charge in [-0.1, -0.05) is 0 Å². The number of morpholine rings is 1. The number of likely N-dealkylation sites (tertiary alicyclic amines) is 1. The minimum atomic E-state index is 0.434. The predicted octanol–water partition coefficient (Wildman–Crippen LogP) is 1.04. The number of hydrogen-bond donors (Lipinski definition) is 0. The van der Waals surface area contributed by atoms with Crippen LogP contribution in [0.3, 0.4) is 0 Å². The Hall–Kier alpha value is 0.130. The largest absolute Gasteiger partial charge is 0.379 e. The van der Waals surface area contributed by atoms with E-state index in [4.69, 9.17) is 21.1 Å².